The fourth-order valence-corrected chi connectivity index (χ4v) is 1.83. The second kappa shape index (κ2) is 5.69. The summed E-state index contributed by atoms with van der Waals surface area (Å²) in [5.74, 6) is -0.103. The van der Waals surface area contributed by atoms with Crippen molar-refractivity contribution in [2.24, 2.45) is 0 Å². The van der Waals surface area contributed by atoms with Crippen molar-refractivity contribution in [3.8, 4) is 0 Å². The molecule has 2 aromatic rings. The van der Waals surface area contributed by atoms with Gasteiger partial charge in [-0.25, -0.2) is 0 Å². The van der Waals surface area contributed by atoms with Crippen LogP contribution in [-0.4, -0.2) is 10.9 Å². The van der Waals surface area contributed by atoms with Crippen molar-refractivity contribution in [1.82, 2.24) is 10.3 Å². The molecule has 1 heterocycles. The van der Waals surface area contributed by atoms with E-state index >= 15 is 0 Å². The molecular weight excluding hydrogens is 244 g/mol. The maximum absolute atomic E-state index is 11.9. The molecule has 1 aromatic carbocycles. The molecule has 0 saturated carbocycles. The van der Waals surface area contributed by atoms with E-state index in [9.17, 15) is 4.79 Å². The van der Waals surface area contributed by atoms with Crippen LogP contribution in [0.3, 0.4) is 0 Å². The topological polar surface area (TPSA) is 42.0 Å². The van der Waals surface area contributed by atoms with E-state index in [-0.39, 0.29) is 5.91 Å². The quantitative estimate of drug-likeness (QED) is 0.831. The van der Waals surface area contributed by atoms with Gasteiger partial charge >= 0.3 is 0 Å². The third-order valence-electron chi connectivity index (χ3n) is 2.70. The molecule has 2 rings (SSSR count). The summed E-state index contributed by atoms with van der Waals surface area (Å²) in [5, 5.41) is 2.87. The summed E-state index contributed by atoms with van der Waals surface area (Å²) in [6, 6.07) is 9.09. The van der Waals surface area contributed by atoms with Crippen LogP contribution in [0.25, 0.3) is 0 Å². The average molecular weight is 258 g/mol. The summed E-state index contributed by atoms with van der Waals surface area (Å²) in [7, 11) is 0. The molecular formula is C14H14N2OS. The lowest BCUT2D eigenvalue weighted by Crippen LogP contribution is -2.23. The van der Waals surface area contributed by atoms with E-state index in [0.29, 0.717) is 12.1 Å². The van der Waals surface area contributed by atoms with E-state index in [4.69, 9.17) is 0 Å². The van der Waals surface area contributed by atoms with Crippen molar-refractivity contribution in [1.29, 1.82) is 0 Å². The molecule has 92 valence electrons. The molecule has 0 aliphatic heterocycles. The molecule has 18 heavy (non-hydrogen) atoms. The van der Waals surface area contributed by atoms with Crippen molar-refractivity contribution in [2.75, 3.05) is 0 Å². The number of pyridine rings is 1. The number of carbonyl (C=O) groups is 1. The minimum Gasteiger partial charge on any atom is -0.348 e. The van der Waals surface area contributed by atoms with Gasteiger partial charge in [-0.3, -0.25) is 9.78 Å². The first-order valence-electron chi connectivity index (χ1n) is 5.63. The zero-order valence-corrected chi connectivity index (χ0v) is 10.9. The number of nitrogens with one attached hydrogen (secondary N) is 1. The normalized spacial score (nSPS) is 10.1. The van der Waals surface area contributed by atoms with Crippen molar-refractivity contribution in [3.05, 3.63) is 59.4 Å². The molecule has 1 amide bonds. The van der Waals surface area contributed by atoms with Gasteiger partial charge in [0.1, 0.15) is 0 Å². The van der Waals surface area contributed by atoms with Crippen LogP contribution in [0.15, 0.2) is 47.6 Å². The molecule has 0 spiro atoms. The smallest absolute Gasteiger partial charge is 0.251 e. The number of thiol groups is 1. The molecule has 0 saturated heterocycles. The molecule has 1 N–H and O–H groups in total. The van der Waals surface area contributed by atoms with Gasteiger partial charge in [-0.15, -0.1) is 12.6 Å². The largest absolute Gasteiger partial charge is 0.348 e. The van der Waals surface area contributed by atoms with Crippen LogP contribution in [0.5, 0.6) is 0 Å². The third-order valence-corrected chi connectivity index (χ3v) is 2.97. The predicted molar refractivity (Wildman–Crippen MR) is 73.8 cm³/mol. The number of aryl methyl sites for hydroxylation is 1. The zero-order chi connectivity index (χ0) is 13.0. The van der Waals surface area contributed by atoms with Gasteiger partial charge < -0.3 is 5.32 Å². The molecule has 0 radical (unpaired) electrons. The van der Waals surface area contributed by atoms with E-state index in [1.54, 1.807) is 24.5 Å². The number of aromatic nitrogens is 1. The van der Waals surface area contributed by atoms with E-state index < -0.39 is 0 Å². The van der Waals surface area contributed by atoms with Gasteiger partial charge in [0, 0.05) is 29.4 Å². The highest BCUT2D eigenvalue weighted by Gasteiger charge is 2.06. The van der Waals surface area contributed by atoms with Gasteiger partial charge in [0.25, 0.3) is 5.91 Å². The van der Waals surface area contributed by atoms with Crippen LogP contribution in [-0.2, 0) is 6.54 Å². The minimum absolute atomic E-state index is 0.103. The number of hydrogen-bond acceptors (Lipinski definition) is 3. The van der Waals surface area contributed by atoms with E-state index in [1.165, 1.54) is 0 Å². The minimum atomic E-state index is -0.103. The van der Waals surface area contributed by atoms with Crippen LogP contribution >= 0.6 is 12.6 Å². The summed E-state index contributed by atoms with van der Waals surface area (Å²) < 4.78 is 0. The van der Waals surface area contributed by atoms with Gasteiger partial charge in [0.15, 0.2) is 0 Å². The van der Waals surface area contributed by atoms with Gasteiger partial charge in [-0.1, -0.05) is 6.07 Å². The number of benzene rings is 1. The van der Waals surface area contributed by atoms with E-state index in [1.807, 2.05) is 25.1 Å². The maximum atomic E-state index is 11.9. The molecule has 0 atom stereocenters. The Kier molecular flexibility index (Phi) is 3.99. The Morgan fingerprint density at radius 2 is 2.22 bits per heavy atom. The first kappa shape index (κ1) is 12.6. The standard InChI is InChI=1S/C14H14N2OS/c1-10-5-6-15-8-12(10)9-16-14(17)11-3-2-4-13(18)7-11/h2-8,18H,9H2,1H3,(H,16,17). The Labute approximate surface area is 112 Å². The highest BCUT2D eigenvalue weighted by atomic mass is 32.1. The summed E-state index contributed by atoms with van der Waals surface area (Å²) in [6.45, 7) is 2.48. The third kappa shape index (κ3) is 3.11. The lowest BCUT2D eigenvalue weighted by atomic mass is 10.1. The molecule has 1 aromatic heterocycles. The van der Waals surface area contributed by atoms with Crippen LogP contribution in [0.2, 0.25) is 0 Å². The summed E-state index contributed by atoms with van der Waals surface area (Å²) >= 11 is 4.21. The van der Waals surface area contributed by atoms with Crippen LogP contribution < -0.4 is 5.32 Å². The number of amides is 1. The van der Waals surface area contributed by atoms with Crippen molar-refractivity contribution in [3.63, 3.8) is 0 Å². The molecule has 4 heteroatoms. The molecule has 0 aliphatic rings. The van der Waals surface area contributed by atoms with Crippen LogP contribution in [0, 0.1) is 6.92 Å². The van der Waals surface area contributed by atoms with E-state index in [2.05, 4.69) is 22.9 Å². The first-order chi connectivity index (χ1) is 8.66. The number of carbonyl (C=O) groups excluding carboxylic acids is 1. The first-order valence-corrected chi connectivity index (χ1v) is 6.08. The van der Waals surface area contributed by atoms with Crippen molar-refractivity contribution >= 4 is 18.5 Å². The summed E-state index contributed by atoms with van der Waals surface area (Å²) in [4.78, 5) is 16.7. The molecule has 3 nitrogen and oxygen atoms in total. The van der Waals surface area contributed by atoms with Crippen molar-refractivity contribution in [2.45, 2.75) is 18.4 Å². The number of rotatable bonds is 3. The average Bonchev–Trinajstić information content (AvgIpc) is 2.37. The fourth-order valence-electron chi connectivity index (χ4n) is 1.61. The lowest BCUT2D eigenvalue weighted by molar-refractivity contribution is 0.0950. The Hall–Kier alpha value is -1.81. The van der Waals surface area contributed by atoms with Gasteiger partial charge in [0.05, 0.1) is 0 Å². The van der Waals surface area contributed by atoms with Crippen LogP contribution in [0.1, 0.15) is 21.5 Å². The molecule has 0 bridgehead atoms. The second-order valence-corrected chi connectivity index (χ2v) is 4.55. The van der Waals surface area contributed by atoms with Gasteiger partial charge in [0.2, 0.25) is 0 Å². The number of nitrogens with zero attached hydrogens (tertiary/aromatic N) is 1. The fraction of sp³-hybridized carbons (Fsp3) is 0.143. The predicted octanol–water partition coefficient (Wildman–Crippen LogP) is 2.61. The van der Waals surface area contributed by atoms with Gasteiger partial charge in [-0.05, 0) is 42.3 Å². The molecule has 0 aliphatic carbocycles. The van der Waals surface area contributed by atoms with E-state index in [0.717, 1.165) is 16.0 Å². The lowest BCUT2D eigenvalue weighted by Gasteiger charge is -2.07. The number of hydrogen-bond donors (Lipinski definition) is 2. The molecule has 0 unspecified atom stereocenters. The summed E-state index contributed by atoms with van der Waals surface area (Å²) in [6.07, 6.45) is 3.51. The van der Waals surface area contributed by atoms with Gasteiger partial charge in [-0.2, -0.15) is 0 Å². The monoisotopic (exact) mass is 258 g/mol. The Balaban J connectivity index is 2.03. The zero-order valence-electron chi connectivity index (χ0n) is 10.1. The summed E-state index contributed by atoms with van der Waals surface area (Å²) in [5.41, 5.74) is 2.75. The van der Waals surface area contributed by atoms with Crippen molar-refractivity contribution < 1.29 is 4.79 Å². The SMILES string of the molecule is Cc1ccncc1CNC(=O)c1cccc(S)c1. The highest BCUT2D eigenvalue weighted by Crippen LogP contribution is 2.09. The Morgan fingerprint density at radius 1 is 1.39 bits per heavy atom. The second-order valence-electron chi connectivity index (χ2n) is 4.04. The highest BCUT2D eigenvalue weighted by molar-refractivity contribution is 7.80. The molecule has 0 fully saturated rings. The maximum Gasteiger partial charge on any atom is 0.251 e. The van der Waals surface area contributed by atoms with Crippen LogP contribution in [0.4, 0.5) is 0 Å². The Morgan fingerprint density at radius 3 is 2.94 bits per heavy atom. The Bertz CT molecular complexity index is 569.